The molecule has 7 heteroatoms. The zero-order valence-electron chi connectivity index (χ0n) is 11.0. The molecule has 1 saturated heterocycles. The van der Waals surface area contributed by atoms with Crippen LogP contribution in [0, 0.1) is 12.3 Å². The second-order valence-corrected chi connectivity index (χ2v) is 6.30. The third-order valence-electron chi connectivity index (χ3n) is 4.14. The van der Waals surface area contributed by atoms with Gasteiger partial charge in [-0.1, -0.05) is 6.07 Å². The maximum Gasteiger partial charge on any atom is 0.242 e. The molecule has 1 amide bonds. The molecule has 0 spiro atoms. The summed E-state index contributed by atoms with van der Waals surface area (Å²) in [4.78, 5) is 16.5. The zero-order chi connectivity index (χ0) is 13.6. The van der Waals surface area contributed by atoms with Crippen LogP contribution in [0.1, 0.15) is 18.4 Å². The van der Waals surface area contributed by atoms with Crippen LogP contribution in [0.25, 0.3) is 0 Å². The summed E-state index contributed by atoms with van der Waals surface area (Å²) in [5.74, 6) is 0.508. The van der Waals surface area contributed by atoms with Crippen molar-refractivity contribution in [2.45, 2.75) is 31.8 Å². The molecular weight excluding hydrogens is 346 g/mol. The first-order valence-electron chi connectivity index (χ1n) is 6.35. The summed E-state index contributed by atoms with van der Waals surface area (Å²) < 4.78 is 0.697. The molecular formula is C13H17BrClN3O2. The first kappa shape index (κ1) is 15.7. The molecule has 2 aliphatic rings. The molecule has 20 heavy (non-hydrogen) atoms. The molecule has 2 fully saturated rings. The first-order chi connectivity index (χ1) is 9.04. The number of aliphatic hydroxyl groups is 1. The van der Waals surface area contributed by atoms with E-state index >= 15 is 0 Å². The molecule has 1 saturated carbocycles. The van der Waals surface area contributed by atoms with Gasteiger partial charge in [-0.05, 0) is 47.3 Å². The Morgan fingerprint density at radius 2 is 2.35 bits per heavy atom. The molecule has 1 aromatic heterocycles. The number of hydrogen-bond donors (Lipinski definition) is 3. The van der Waals surface area contributed by atoms with Crippen LogP contribution in [0.3, 0.4) is 0 Å². The number of nitrogens with zero attached hydrogens (tertiary/aromatic N) is 1. The summed E-state index contributed by atoms with van der Waals surface area (Å²) in [6.07, 6.45) is 1.68. The van der Waals surface area contributed by atoms with Crippen LogP contribution < -0.4 is 10.6 Å². The highest BCUT2D eigenvalue weighted by Gasteiger charge is 2.61. The Kier molecular flexibility index (Phi) is 4.39. The van der Waals surface area contributed by atoms with E-state index in [1.165, 1.54) is 0 Å². The Labute approximate surface area is 132 Å². The predicted molar refractivity (Wildman–Crippen MR) is 82.0 cm³/mol. The fourth-order valence-corrected chi connectivity index (χ4v) is 3.07. The van der Waals surface area contributed by atoms with Gasteiger partial charge in [0.05, 0.1) is 12.6 Å². The number of amides is 1. The number of fused-ring (bicyclic) bond motifs is 1. The number of carbonyl (C=O) groups is 1. The quantitative estimate of drug-likeness (QED) is 0.715. The molecule has 3 N–H and O–H groups in total. The van der Waals surface area contributed by atoms with E-state index in [-0.39, 0.29) is 36.4 Å². The number of aromatic nitrogens is 1. The van der Waals surface area contributed by atoms with Crippen molar-refractivity contribution in [3.8, 4) is 0 Å². The van der Waals surface area contributed by atoms with Crippen molar-refractivity contribution in [1.82, 2.24) is 10.3 Å². The van der Waals surface area contributed by atoms with E-state index in [4.69, 9.17) is 0 Å². The molecule has 0 bridgehead atoms. The van der Waals surface area contributed by atoms with E-state index in [0.29, 0.717) is 22.9 Å². The number of rotatable bonds is 3. The molecule has 0 aromatic carbocycles. The van der Waals surface area contributed by atoms with Gasteiger partial charge in [0, 0.05) is 11.5 Å². The van der Waals surface area contributed by atoms with Crippen molar-refractivity contribution in [3.63, 3.8) is 0 Å². The summed E-state index contributed by atoms with van der Waals surface area (Å²) >= 11 is 3.29. The van der Waals surface area contributed by atoms with E-state index < -0.39 is 0 Å². The zero-order valence-corrected chi connectivity index (χ0v) is 13.4. The van der Waals surface area contributed by atoms with Crippen molar-refractivity contribution in [2.75, 3.05) is 11.9 Å². The summed E-state index contributed by atoms with van der Waals surface area (Å²) in [6.45, 7) is 2.06. The lowest BCUT2D eigenvalue weighted by molar-refractivity contribution is -0.118. The Morgan fingerprint density at radius 3 is 3.00 bits per heavy atom. The van der Waals surface area contributed by atoms with E-state index in [9.17, 15) is 9.90 Å². The van der Waals surface area contributed by atoms with Gasteiger partial charge in [-0.2, -0.15) is 0 Å². The number of halogens is 2. The number of aliphatic hydroxyl groups excluding tert-OH is 1. The first-order valence-corrected chi connectivity index (χ1v) is 7.14. The van der Waals surface area contributed by atoms with Gasteiger partial charge in [0.2, 0.25) is 5.91 Å². The lowest BCUT2D eigenvalue weighted by Gasteiger charge is -2.15. The largest absolute Gasteiger partial charge is 0.396 e. The van der Waals surface area contributed by atoms with Crippen LogP contribution in [-0.2, 0) is 4.79 Å². The molecule has 0 radical (unpaired) electrons. The van der Waals surface area contributed by atoms with E-state index in [1.54, 1.807) is 0 Å². The molecule has 1 aliphatic carbocycles. The van der Waals surface area contributed by atoms with Crippen molar-refractivity contribution in [3.05, 3.63) is 22.3 Å². The number of pyridine rings is 1. The van der Waals surface area contributed by atoms with Crippen molar-refractivity contribution in [1.29, 1.82) is 0 Å². The van der Waals surface area contributed by atoms with Gasteiger partial charge in [-0.15, -0.1) is 12.4 Å². The van der Waals surface area contributed by atoms with E-state index in [1.807, 2.05) is 19.1 Å². The molecule has 3 atom stereocenters. The molecule has 2 heterocycles. The highest BCUT2D eigenvalue weighted by atomic mass is 79.9. The Bertz CT molecular complexity index is 538. The van der Waals surface area contributed by atoms with Gasteiger partial charge in [-0.25, -0.2) is 4.98 Å². The fraction of sp³-hybridized carbons (Fsp3) is 0.538. The minimum Gasteiger partial charge on any atom is -0.396 e. The van der Waals surface area contributed by atoms with Crippen LogP contribution in [0.5, 0.6) is 0 Å². The minimum atomic E-state index is -0.230. The second kappa shape index (κ2) is 5.60. The average Bonchev–Trinajstić information content (AvgIpc) is 2.96. The van der Waals surface area contributed by atoms with Crippen LogP contribution >= 0.6 is 28.3 Å². The summed E-state index contributed by atoms with van der Waals surface area (Å²) in [5.41, 5.74) is 0.874. The van der Waals surface area contributed by atoms with E-state index in [2.05, 4.69) is 31.5 Å². The summed E-state index contributed by atoms with van der Waals surface area (Å²) in [7, 11) is 0. The number of aryl methyl sites for hydroxylation is 1. The van der Waals surface area contributed by atoms with Crippen molar-refractivity contribution in [2.24, 2.45) is 5.41 Å². The third-order valence-corrected chi connectivity index (χ3v) is 4.58. The highest BCUT2D eigenvalue weighted by Crippen LogP contribution is 2.54. The Hall–Kier alpha value is -0.690. The number of carbonyl (C=O) groups excluding carboxylic acids is 1. The second-order valence-electron chi connectivity index (χ2n) is 5.49. The van der Waals surface area contributed by atoms with Crippen LogP contribution in [0.15, 0.2) is 16.7 Å². The Morgan fingerprint density at radius 1 is 1.60 bits per heavy atom. The maximum atomic E-state index is 12.2. The molecule has 5 nitrogen and oxygen atoms in total. The normalized spacial score (nSPS) is 30.4. The van der Waals surface area contributed by atoms with Gasteiger partial charge in [0.1, 0.15) is 10.4 Å². The number of hydrogen-bond acceptors (Lipinski definition) is 4. The van der Waals surface area contributed by atoms with Crippen molar-refractivity contribution < 1.29 is 9.90 Å². The van der Waals surface area contributed by atoms with Crippen molar-refractivity contribution >= 4 is 40.1 Å². The van der Waals surface area contributed by atoms with E-state index in [0.717, 1.165) is 12.0 Å². The fourth-order valence-electron chi connectivity index (χ4n) is 2.76. The summed E-state index contributed by atoms with van der Waals surface area (Å²) in [6, 6.07) is 3.81. The Balaban J connectivity index is 0.00000147. The predicted octanol–water partition coefficient (Wildman–Crippen LogP) is 1.63. The van der Waals surface area contributed by atoms with Crippen LogP contribution in [-0.4, -0.2) is 34.7 Å². The molecule has 0 unspecified atom stereocenters. The monoisotopic (exact) mass is 361 g/mol. The molecule has 1 aromatic rings. The summed E-state index contributed by atoms with van der Waals surface area (Å²) in [5, 5.41) is 15.5. The topological polar surface area (TPSA) is 74.2 Å². The number of nitrogens with one attached hydrogen (secondary N) is 2. The van der Waals surface area contributed by atoms with Gasteiger partial charge < -0.3 is 15.7 Å². The van der Waals surface area contributed by atoms with Gasteiger partial charge >= 0.3 is 0 Å². The van der Waals surface area contributed by atoms with Gasteiger partial charge in [0.25, 0.3) is 0 Å². The average molecular weight is 363 g/mol. The number of piperidine rings is 1. The lowest BCUT2D eigenvalue weighted by atomic mass is 10.0. The highest BCUT2D eigenvalue weighted by molar-refractivity contribution is 9.10. The van der Waals surface area contributed by atoms with Gasteiger partial charge in [0.15, 0.2) is 0 Å². The standard InChI is InChI=1S/C13H16BrN3O2.ClH/c1-7-2-3-10(14)16-11(7)17-12(19)8-4-13(6-18)5-9(13)15-8;/h2-3,8-9,15,18H,4-6H2,1H3,(H,16,17,19);1H/t8-,9+,13-;/m0./s1. The maximum absolute atomic E-state index is 12.2. The smallest absolute Gasteiger partial charge is 0.242 e. The van der Waals surface area contributed by atoms with Crippen LogP contribution in [0.2, 0.25) is 0 Å². The molecule has 110 valence electrons. The number of anilines is 1. The van der Waals surface area contributed by atoms with Crippen LogP contribution in [0.4, 0.5) is 5.82 Å². The minimum absolute atomic E-state index is 0. The molecule has 3 rings (SSSR count). The lowest BCUT2D eigenvalue weighted by Crippen LogP contribution is -2.38. The van der Waals surface area contributed by atoms with Gasteiger partial charge in [-0.3, -0.25) is 4.79 Å². The SMILES string of the molecule is Cc1ccc(Br)nc1NC(=O)[C@@H]1C[C@@]2(CO)C[C@H]2N1.Cl. The third kappa shape index (κ3) is 2.70. The molecule has 1 aliphatic heterocycles.